The van der Waals surface area contributed by atoms with Crippen molar-refractivity contribution in [1.29, 1.82) is 0 Å². The number of imide groups is 1. The van der Waals surface area contributed by atoms with Crippen LogP contribution in [0, 0.1) is 17.3 Å². The zero-order valence-corrected chi connectivity index (χ0v) is 20.4. The van der Waals surface area contributed by atoms with E-state index >= 15 is 0 Å². The molecule has 10 heteroatoms. The number of hydrogen-bond acceptors (Lipinski definition) is 8. The van der Waals surface area contributed by atoms with Crippen LogP contribution in [-0.2, 0) is 14.3 Å². The van der Waals surface area contributed by atoms with Crippen LogP contribution in [-0.4, -0.2) is 53.6 Å². The molecule has 1 aliphatic carbocycles. The topological polar surface area (TPSA) is 102 Å². The van der Waals surface area contributed by atoms with E-state index in [1.54, 1.807) is 24.5 Å². The summed E-state index contributed by atoms with van der Waals surface area (Å²) in [5, 5.41) is 1.07. The molecule has 4 heterocycles. The lowest BCUT2D eigenvalue weighted by molar-refractivity contribution is -0.123. The third-order valence-corrected chi connectivity index (χ3v) is 9.30. The van der Waals surface area contributed by atoms with Gasteiger partial charge in [0.2, 0.25) is 11.8 Å². The summed E-state index contributed by atoms with van der Waals surface area (Å²) in [6.45, 7) is 4.54. The monoisotopic (exact) mass is 499 g/mol. The van der Waals surface area contributed by atoms with Gasteiger partial charge in [0.1, 0.15) is 10.8 Å². The van der Waals surface area contributed by atoms with E-state index in [0.717, 1.165) is 43.3 Å². The Morgan fingerprint density at radius 2 is 1.88 bits per heavy atom. The first-order chi connectivity index (χ1) is 16.4. The number of nitrogens with two attached hydrogens (primary N) is 1. The molecule has 34 heavy (non-hydrogen) atoms. The Morgan fingerprint density at radius 1 is 1.15 bits per heavy atom. The quantitative estimate of drug-likeness (QED) is 0.640. The molecule has 1 aromatic carbocycles. The number of hydrogen-bond donors (Lipinski definition) is 1. The molecule has 4 atom stereocenters. The fourth-order valence-corrected chi connectivity index (χ4v) is 6.56. The van der Waals surface area contributed by atoms with Crippen LogP contribution in [0.3, 0.4) is 0 Å². The number of nitrogens with zero attached hydrogens (tertiary/aromatic N) is 4. The summed E-state index contributed by atoms with van der Waals surface area (Å²) >= 11 is 7.99. The summed E-state index contributed by atoms with van der Waals surface area (Å²) in [5.74, 6) is 0.218. The Kier molecular flexibility index (Phi) is 5.36. The number of carbonyl (C=O) groups is 2. The average molecular weight is 500 g/mol. The molecule has 2 amide bonds. The minimum absolute atomic E-state index is 0.0690. The normalized spacial score (nSPS) is 29.7. The molecule has 1 aromatic heterocycles. The molecule has 2 unspecified atom stereocenters. The van der Waals surface area contributed by atoms with Crippen LogP contribution >= 0.6 is 23.4 Å². The molecule has 3 aliphatic heterocycles. The number of ether oxygens (including phenoxy) is 1. The zero-order chi connectivity index (χ0) is 23.6. The summed E-state index contributed by atoms with van der Waals surface area (Å²) in [6.07, 6.45) is 6.26. The highest BCUT2D eigenvalue weighted by Gasteiger charge is 2.59. The van der Waals surface area contributed by atoms with E-state index in [1.807, 2.05) is 6.07 Å². The third-order valence-electron chi connectivity index (χ3n) is 7.81. The highest BCUT2D eigenvalue weighted by atomic mass is 35.5. The molecule has 6 rings (SSSR count). The predicted octanol–water partition coefficient (Wildman–Crippen LogP) is 3.12. The van der Waals surface area contributed by atoms with Crippen LogP contribution in [0.15, 0.2) is 40.5 Å². The van der Waals surface area contributed by atoms with Gasteiger partial charge in [-0.2, -0.15) is 0 Å². The van der Waals surface area contributed by atoms with Crippen LogP contribution in [0.2, 0.25) is 5.02 Å². The van der Waals surface area contributed by atoms with Gasteiger partial charge in [-0.1, -0.05) is 29.4 Å². The van der Waals surface area contributed by atoms with Gasteiger partial charge in [-0.3, -0.25) is 9.59 Å². The molecular weight excluding hydrogens is 474 g/mol. The van der Waals surface area contributed by atoms with Crippen molar-refractivity contribution in [3.8, 4) is 0 Å². The summed E-state index contributed by atoms with van der Waals surface area (Å²) in [4.78, 5) is 38.4. The van der Waals surface area contributed by atoms with Gasteiger partial charge in [0, 0.05) is 29.4 Å². The van der Waals surface area contributed by atoms with Crippen molar-refractivity contribution in [1.82, 2.24) is 9.97 Å². The number of benzene rings is 1. The number of rotatable bonds is 4. The summed E-state index contributed by atoms with van der Waals surface area (Å²) < 4.78 is 5.82. The van der Waals surface area contributed by atoms with Crippen LogP contribution < -0.4 is 15.5 Å². The van der Waals surface area contributed by atoms with Crippen molar-refractivity contribution >= 4 is 46.7 Å². The van der Waals surface area contributed by atoms with E-state index in [4.69, 9.17) is 22.1 Å². The SMILES string of the molecule is C[C@H]1OCC2(CCN(c3cnc(Sc4cccc(N5C(=O)C6CC6C5=O)c4Cl)cn3)CC2)[C@H]1N. The van der Waals surface area contributed by atoms with Gasteiger partial charge >= 0.3 is 0 Å². The maximum atomic E-state index is 12.5. The summed E-state index contributed by atoms with van der Waals surface area (Å²) in [6, 6.07) is 5.46. The zero-order valence-electron chi connectivity index (χ0n) is 18.8. The molecule has 2 aromatic rings. The van der Waals surface area contributed by atoms with E-state index in [2.05, 4.69) is 21.8 Å². The van der Waals surface area contributed by atoms with Gasteiger partial charge in [0.05, 0.1) is 47.7 Å². The smallest absolute Gasteiger partial charge is 0.237 e. The fourth-order valence-electron chi connectivity index (χ4n) is 5.46. The number of anilines is 2. The van der Waals surface area contributed by atoms with Gasteiger partial charge < -0.3 is 15.4 Å². The van der Waals surface area contributed by atoms with Crippen LogP contribution in [0.5, 0.6) is 0 Å². The third kappa shape index (κ3) is 3.52. The number of amides is 2. The Labute approximate surface area is 207 Å². The second-order valence-corrected chi connectivity index (χ2v) is 11.2. The predicted molar refractivity (Wildman–Crippen MR) is 129 cm³/mol. The van der Waals surface area contributed by atoms with Crippen LogP contribution in [0.4, 0.5) is 11.5 Å². The minimum atomic E-state index is -0.164. The van der Waals surface area contributed by atoms with E-state index in [0.29, 0.717) is 22.2 Å². The Hall–Kier alpha value is -2.20. The molecule has 178 valence electrons. The van der Waals surface area contributed by atoms with Gasteiger partial charge in [0.15, 0.2) is 0 Å². The molecular formula is C24H26ClN5O3S. The first kappa shape index (κ1) is 22.3. The molecule has 3 saturated heterocycles. The largest absolute Gasteiger partial charge is 0.376 e. The molecule has 1 spiro atoms. The number of carbonyl (C=O) groups excluding carboxylic acids is 2. The lowest BCUT2D eigenvalue weighted by atomic mass is 9.73. The molecule has 1 saturated carbocycles. The summed E-state index contributed by atoms with van der Waals surface area (Å²) in [5.41, 5.74) is 6.94. The van der Waals surface area contributed by atoms with Gasteiger partial charge in [-0.25, -0.2) is 14.9 Å². The lowest BCUT2D eigenvalue weighted by Gasteiger charge is -2.41. The second-order valence-electron chi connectivity index (χ2n) is 9.76. The second kappa shape index (κ2) is 8.19. The highest BCUT2D eigenvalue weighted by Crippen LogP contribution is 2.50. The van der Waals surface area contributed by atoms with Crippen LogP contribution in [0.25, 0.3) is 0 Å². The first-order valence-corrected chi connectivity index (χ1v) is 12.9. The Bertz CT molecular complexity index is 1130. The van der Waals surface area contributed by atoms with Crippen molar-refractivity contribution in [3.05, 3.63) is 35.6 Å². The standard InChI is InChI=1S/C24H26ClN5O3S/c1-13-21(26)24(12-33-13)5-7-29(8-6-24)18-10-28-19(11-27-18)34-17-4-2-3-16(20(17)25)30-22(31)14-9-15(14)23(30)32/h2-4,10-11,13-15,21H,5-9,12,26H2,1H3/t13-,14?,15?,21+/m1/s1. The maximum absolute atomic E-state index is 12.5. The molecule has 4 aliphatic rings. The van der Waals surface area contributed by atoms with Crippen molar-refractivity contribution in [2.24, 2.45) is 23.0 Å². The van der Waals surface area contributed by atoms with Crippen molar-refractivity contribution < 1.29 is 14.3 Å². The van der Waals surface area contributed by atoms with E-state index in [9.17, 15) is 9.59 Å². The van der Waals surface area contributed by atoms with Crippen molar-refractivity contribution in [2.45, 2.75) is 48.3 Å². The molecule has 4 fully saturated rings. The number of piperidine rings is 2. The van der Waals surface area contributed by atoms with Gasteiger partial charge in [0.25, 0.3) is 0 Å². The Balaban J connectivity index is 1.14. The highest BCUT2D eigenvalue weighted by molar-refractivity contribution is 7.99. The van der Waals surface area contributed by atoms with Crippen molar-refractivity contribution in [3.63, 3.8) is 0 Å². The average Bonchev–Trinajstić information content (AvgIpc) is 3.56. The van der Waals surface area contributed by atoms with Gasteiger partial charge in [-0.15, -0.1) is 0 Å². The number of halogens is 1. The van der Waals surface area contributed by atoms with E-state index < -0.39 is 0 Å². The van der Waals surface area contributed by atoms with Crippen molar-refractivity contribution in [2.75, 3.05) is 29.5 Å². The Morgan fingerprint density at radius 3 is 2.50 bits per heavy atom. The molecule has 0 bridgehead atoms. The number of aromatic nitrogens is 2. The molecule has 2 N–H and O–H groups in total. The van der Waals surface area contributed by atoms with Crippen LogP contribution in [0.1, 0.15) is 26.2 Å². The summed E-state index contributed by atoms with van der Waals surface area (Å²) in [7, 11) is 0. The molecule has 8 nitrogen and oxygen atoms in total. The number of fused-ring (bicyclic) bond motifs is 1. The van der Waals surface area contributed by atoms with E-state index in [-0.39, 0.29) is 41.2 Å². The maximum Gasteiger partial charge on any atom is 0.237 e. The van der Waals surface area contributed by atoms with E-state index in [1.165, 1.54) is 16.7 Å². The first-order valence-electron chi connectivity index (χ1n) is 11.7. The molecule has 0 radical (unpaired) electrons. The van der Waals surface area contributed by atoms with Gasteiger partial charge in [-0.05, 0) is 38.3 Å². The minimum Gasteiger partial charge on any atom is -0.376 e. The fraction of sp³-hybridized carbons (Fsp3) is 0.500. The lowest BCUT2D eigenvalue weighted by Crippen LogP contribution is -2.50.